The zero-order chi connectivity index (χ0) is 14.4. The van der Waals surface area contributed by atoms with Crippen LogP contribution in [0, 0.1) is 5.92 Å². The third-order valence-corrected chi connectivity index (χ3v) is 4.32. The normalized spacial score (nSPS) is 12.3. The highest BCUT2D eigenvalue weighted by Crippen LogP contribution is 2.24. The second-order valence-electron chi connectivity index (χ2n) is 5.29. The Morgan fingerprint density at radius 1 is 0.900 bits per heavy atom. The van der Waals surface area contributed by atoms with Crippen LogP contribution in [0.25, 0.3) is 0 Å². The van der Waals surface area contributed by atoms with E-state index in [2.05, 4.69) is 30.1 Å². The minimum atomic E-state index is 0.626. The van der Waals surface area contributed by atoms with Crippen molar-refractivity contribution in [2.45, 2.75) is 32.6 Å². The number of aromatic nitrogens is 1. The van der Waals surface area contributed by atoms with E-state index in [0.717, 1.165) is 12.8 Å². The van der Waals surface area contributed by atoms with E-state index in [1.54, 1.807) is 0 Å². The van der Waals surface area contributed by atoms with Gasteiger partial charge in [0.1, 0.15) is 0 Å². The summed E-state index contributed by atoms with van der Waals surface area (Å²) < 4.78 is 0. The van der Waals surface area contributed by atoms with Crippen LogP contribution in [0.15, 0.2) is 42.7 Å². The fourth-order valence-electron chi connectivity index (χ4n) is 2.22. The monoisotopic (exact) mass is 307 g/mol. The molecule has 20 heavy (non-hydrogen) atoms. The summed E-state index contributed by atoms with van der Waals surface area (Å²) in [7, 11) is 0. The molecule has 0 fully saturated rings. The van der Waals surface area contributed by atoms with Gasteiger partial charge in [-0.25, -0.2) is 0 Å². The van der Waals surface area contributed by atoms with Crippen molar-refractivity contribution in [3.63, 3.8) is 0 Å². The molecule has 0 N–H and O–H groups in total. The van der Waals surface area contributed by atoms with Gasteiger partial charge in [0.15, 0.2) is 0 Å². The van der Waals surface area contributed by atoms with Gasteiger partial charge in [-0.2, -0.15) is 0 Å². The number of hydrogen-bond acceptors (Lipinski definition) is 1. The Bertz CT molecular complexity index is 540. The number of nitrogens with zero attached hydrogens (tertiary/aromatic N) is 1. The van der Waals surface area contributed by atoms with Crippen LogP contribution in [0.1, 0.15) is 30.9 Å². The summed E-state index contributed by atoms with van der Waals surface area (Å²) in [6.07, 6.45) is 8.25. The van der Waals surface area contributed by atoms with Crippen molar-refractivity contribution in [3.05, 3.63) is 63.9 Å². The number of pyridine rings is 1. The van der Waals surface area contributed by atoms with Gasteiger partial charge in [0, 0.05) is 12.4 Å². The Hall–Kier alpha value is -1.05. The Kier molecular flexibility index (Phi) is 5.87. The van der Waals surface area contributed by atoms with Gasteiger partial charge in [0.25, 0.3) is 0 Å². The Labute approximate surface area is 131 Å². The molecule has 0 aliphatic rings. The molecule has 0 saturated carbocycles. The standard InChI is InChI=1S/C17H19Cl2N/c1-13(2-4-14-8-10-20-11-9-14)3-5-15-6-7-16(18)17(19)12-15/h6-13H,2-5H2,1H3. The molecule has 1 unspecified atom stereocenters. The lowest BCUT2D eigenvalue weighted by atomic mass is 9.95. The van der Waals surface area contributed by atoms with Gasteiger partial charge in [-0.05, 0) is 67.0 Å². The molecule has 2 rings (SSSR count). The Morgan fingerprint density at radius 3 is 2.20 bits per heavy atom. The average Bonchev–Trinajstić information content (AvgIpc) is 2.47. The van der Waals surface area contributed by atoms with Crippen LogP contribution < -0.4 is 0 Å². The van der Waals surface area contributed by atoms with Crippen LogP contribution in [0.2, 0.25) is 10.0 Å². The van der Waals surface area contributed by atoms with E-state index in [1.165, 1.54) is 24.0 Å². The number of aryl methyl sites for hydroxylation is 2. The van der Waals surface area contributed by atoms with Crippen molar-refractivity contribution in [2.24, 2.45) is 5.92 Å². The maximum absolute atomic E-state index is 6.03. The lowest BCUT2D eigenvalue weighted by Gasteiger charge is -2.11. The fourth-order valence-corrected chi connectivity index (χ4v) is 2.54. The predicted octanol–water partition coefficient (Wildman–Crippen LogP) is 5.59. The van der Waals surface area contributed by atoms with Gasteiger partial charge < -0.3 is 0 Å². The van der Waals surface area contributed by atoms with Crippen molar-refractivity contribution in [1.82, 2.24) is 4.98 Å². The van der Waals surface area contributed by atoms with E-state index in [1.807, 2.05) is 24.5 Å². The van der Waals surface area contributed by atoms with Crippen molar-refractivity contribution >= 4 is 23.2 Å². The van der Waals surface area contributed by atoms with Gasteiger partial charge >= 0.3 is 0 Å². The number of hydrogen-bond donors (Lipinski definition) is 0. The molecule has 1 atom stereocenters. The molecule has 2 aromatic rings. The summed E-state index contributed by atoms with van der Waals surface area (Å²) >= 11 is 12.0. The third-order valence-electron chi connectivity index (χ3n) is 3.58. The van der Waals surface area contributed by atoms with E-state index in [4.69, 9.17) is 23.2 Å². The molecular weight excluding hydrogens is 289 g/mol. The van der Waals surface area contributed by atoms with Crippen molar-refractivity contribution < 1.29 is 0 Å². The van der Waals surface area contributed by atoms with E-state index in [9.17, 15) is 0 Å². The largest absolute Gasteiger partial charge is 0.265 e. The highest BCUT2D eigenvalue weighted by Gasteiger charge is 2.05. The van der Waals surface area contributed by atoms with E-state index < -0.39 is 0 Å². The number of rotatable bonds is 6. The van der Waals surface area contributed by atoms with Crippen LogP contribution in [-0.4, -0.2) is 4.98 Å². The first kappa shape index (κ1) is 15.3. The third kappa shape index (κ3) is 4.81. The summed E-state index contributed by atoms with van der Waals surface area (Å²) in [5.74, 6) is 0.692. The molecule has 0 aliphatic carbocycles. The van der Waals surface area contributed by atoms with Crippen LogP contribution >= 0.6 is 23.2 Å². The second kappa shape index (κ2) is 7.66. The average molecular weight is 308 g/mol. The van der Waals surface area contributed by atoms with Gasteiger partial charge in [0.2, 0.25) is 0 Å². The van der Waals surface area contributed by atoms with Gasteiger partial charge in [-0.3, -0.25) is 4.98 Å². The van der Waals surface area contributed by atoms with Gasteiger partial charge in [0.05, 0.1) is 10.0 Å². The second-order valence-corrected chi connectivity index (χ2v) is 6.10. The minimum Gasteiger partial charge on any atom is -0.265 e. The molecule has 1 aromatic carbocycles. The van der Waals surface area contributed by atoms with Crippen molar-refractivity contribution in [1.29, 1.82) is 0 Å². The SMILES string of the molecule is CC(CCc1ccncc1)CCc1ccc(Cl)c(Cl)c1. The lowest BCUT2D eigenvalue weighted by Crippen LogP contribution is -2.00. The topological polar surface area (TPSA) is 12.9 Å². The molecule has 0 spiro atoms. The smallest absolute Gasteiger partial charge is 0.0595 e. The number of halogens is 2. The maximum atomic E-state index is 6.03. The zero-order valence-corrected chi connectivity index (χ0v) is 13.2. The molecule has 1 aromatic heterocycles. The molecule has 3 heteroatoms. The van der Waals surface area contributed by atoms with E-state index in [0.29, 0.717) is 16.0 Å². The lowest BCUT2D eigenvalue weighted by molar-refractivity contribution is 0.493. The summed E-state index contributed by atoms with van der Waals surface area (Å²) in [5, 5.41) is 1.27. The highest BCUT2D eigenvalue weighted by atomic mass is 35.5. The summed E-state index contributed by atoms with van der Waals surface area (Å²) in [6.45, 7) is 2.30. The highest BCUT2D eigenvalue weighted by molar-refractivity contribution is 6.42. The quantitative estimate of drug-likeness (QED) is 0.678. The van der Waals surface area contributed by atoms with Crippen LogP contribution in [0.3, 0.4) is 0 Å². The molecular formula is C17H19Cl2N. The molecule has 0 amide bonds. The Morgan fingerprint density at radius 2 is 1.55 bits per heavy atom. The predicted molar refractivity (Wildman–Crippen MR) is 86.5 cm³/mol. The van der Waals surface area contributed by atoms with Crippen molar-refractivity contribution in [2.75, 3.05) is 0 Å². The molecule has 1 heterocycles. The summed E-state index contributed by atoms with van der Waals surface area (Å²) in [5.41, 5.74) is 2.62. The summed E-state index contributed by atoms with van der Waals surface area (Å²) in [4.78, 5) is 4.04. The first-order chi connectivity index (χ1) is 9.65. The molecule has 0 saturated heterocycles. The summed E-state index contributed by atoms with van der Waals surface area (Å²) in [6, 6.07) is 10.1. The minimum absolute atomic E-state index is 0.626. The first-order valence-corrected chi connectivity index (χ1v) is 7.73. The molecule has 1 nitrogen and oxygen atoms in total. The fraction of sp³-hybridized carbons (Fsp3) is 0.353. The molecule has 0 aliphatic heterocycles. The van der Waals surface area contributed by atoms with Crippen LogP contribution in [0.5, 0.6) is 0 Å². The molecule has 0 radical (unpaired) electrons. The van der Waals surface area contributed by atoms with Crippen molar-refractivity contribution in [3.8, 4) is 0 Å². The maximum Gasteiger partial charge on any atom is 0.0595 e. The Balaban J connectivity index is 1.77. The molecule has 0 bridgehead atoms. The van der Waals surface area contributed by atoms with Gasteiger partial charge in [-0.15, -0.1) is 0 Å². The van der Waals surface area contributed by atoms with Crippen LogP contribution in [-0.2, 0) is 12.8 Å². The molecule has 106 valence electrons. The first-order valence-electron chi connectivity index (χ1n) is 6.98. The number of benzene rings is 1. The zero-order valence-electron chi connectivity index (χ0n) is 11.7. The van der Waals surface area contributed by atoms with E-state index >= 15 is 0 Å². The van der Waals surface area contributed by atoms with Gasteiger partial charge in [-0.1, -0.05) is 36.2 Å². The van der Waals surface area contributed by atoms with Crippen LogP contribution in [0.4, 0.5) is 0 Å². The van der Waals surface area contributed by atoms with E-state index in [-0.39, 0.29) is 0 Å².